The molecule has 1 N–H and O–H groups in total. The average Bonchev–Trinajstić information content (AvgIpc) is 3.21. The van der Waals surface area contributed by atoms with Gasteiger partial charge in [-0.2, -0.15) is 0 Å². The summed E-state index contributed by atoms with van der Waals surface area (Å²) in [5, 5.41) is 7.13. The third-order valence-corrected chi connectivity index (χ3v) is 9.32. The second kappa shape index (κ2) is 12.8. The molecule has 0 saturated carbocycles. The van der Waals surface area contributed by atoms with Gasteiger partial charge < -0.3 is 5.32 Å². The highest BCUT2D eigenvalue weighted by molar-refractivity contribution is 6.17. The molecule has 0 bridgehead atoms. The maximum atomic E-state index is 5.19. The number of nitrogens with one attached hydrogen (secondary N) is 1. The Labute approximate surface area is 291 Å². The number of aliphatic imine (C=N–C) groups is 2. The smallest absolute Gasteiger partial charge is 0.159 e. The van der Waals surface area contributed by atoms with Crippen LogP contribution >= 0.6 is 0 Å². The van der Waals surface area contributed by atoms with Crippen LogP contribution in [0.4, 0.5) is 0 Å². The molecule has 1 atom stereocenters. The molecule has 9 rings (SSSR count). The van der Waals surface area contributed by atoms with Crippen LogP contribution in [0.2, 0.25) is 0 Å². The molecule has 1 aliphatic heterocycles. The van der Waals surface area contributed by atoms with Crippen molar-refractivity contribution in [2.45, 2.75) is 6.17 Å². The van der Waals surface area contributed by atoms with Gasteiger partial charge in [-0.1, -0.05) is 164 Å². The molecule has 4 nitrogen and oxygen atoms in total. The van der Waals surface area contributed by atoms with E-state index in [9.17, 15) is 0 Å². The predicted molar refractivity (Wildman–Crippen MR) is 207 cm³/mol. The number of nitrogens with zero attached hydrogens (tertiary/aromatic N) is 3. The fourth-order valence-electron chi connectivity index (χ4n) is 6.90. The molecule has 4 heteroatoms. The lowest BCUT2D eigenvalue weighted by Gasteiger charge is -2.24. The van der Waals surface area contributed by atoms with Crippen molar-refractivity contribution in [1.29, 1.82) is 0 Å². The van der Waals surface area contributed by atoms with Gasteiger partial charge in [0, 0.05) is 22.1 Å². The number of pyridine rings is 1. The van der Waals surface area contributed by atoms with Crippen molar-refractivity contribution in [3.05, 3.63) is 199 Å². The van der Waals surface area contributed by atoms with Gasteiger partial charge in [-0.15, -0.1) is 0 Å². The lowest BCUT2D eigenvalue weighted by Crippen LogP contribution is -2.33. The van der Waals surface area contributed by atoms with Crippen molar-refractivity contribution in [1.82, 2.24) is 10.3 Å². The summed E-state index contributed by atoms with van der Waals surface area (Å²) in [4.78, 5) is 15.3. The van der Waals surface area contributed by atoms with Gasteiger partial charge in [0.1, 0.15) is 12.0 Å². The molecule has 0 saturated heterocycles. The highest BCUT2D eigenvalue weighted by Gasteiger charge is 2.21. The van der Waals surface area contributed by atoms with E-state index >= 15 is 0 Å². The zero-order valence-corrected chi connectivity index (χ0v) is 27.2. The maximum Gasteiger partial charge on any atom is 0.159 e. The molecule has 1 unspecified atom stereocenters. The first-order valence-electron chi connectivity index (χ1n) is 16.9. The molecule has 8 aromatic rings. The summed E-state index contributed by atoms with van der Waals surface area (Å²) in [7, 11) is 0. The fourth-order valence-corrected chi connectivity index (χ4v) is 6.90. The third kappa shape index (κ3) is 5.53. The minimum Gasteiger partial charge on any atom is -0.344 e. The molecule has 1 aromatic heterocycles. The molecule has 50 heavy (non-hydrogen) atoms. The SMILES string of the molecule is c1ccc(C2=NC(c3ccccc3)NC(c3cccc(-c4cccc5c4ccc4nc(-c6ccccc6)cc(-c6ccccc6)c45)c3)=N2)cc1. The van der Waals surface area contributed by atoms with Crippen molar-refractivity contribution >= 4 is 33.3 Å². The molecular formula is C46H32N4. The molecule has 0 radical (unpaired) electrons. The van der Waals surface area contributed by atoms with E-state index in [2.05, 4.69) is 145 Å². The number of benzene rings is 7. The Balaban J connectivity index is 1.18. The number of hydrogen-bond acceptors (Lipinski definition) is 4. The van der Waals surface area contributed by atoms with E-state index in [1.54, 1.807) is 0 Å². The molecule has 0 fully saturated rings. The Hall–Kier alpha value is -6.65. The number of fused-ring (bicyclic) bond motifs is 3. The van der Waals surface area contributed by atoms with Crippen LogP contribution < -0.4 is 5.32 Å². The quantitative estimate of drug-likeness (QED) is 0.184. The van der Waals surface area contributed by atoms with Crippen LogP contribution in [-0.4, -0.2) is 16.7 Å². The predicted octanol–water partition coefficient (Wildman–Crippen LogP) is 10.9. The van der Waals surface area contributed by atoms with Gasteiger partial charge in [0.05, 0.1) is 11.2 Å². The van der Waals surface area contributed by atoms with Crippen LogP contribution in [0.1, 0.15) is 22.9 Å². The first-order chi connectivity index (χ1) is 24.8. The summed E-state index contributed by atoms with van der Waals surface area (Å²) in [5.74, 6) is 1.51. The summed E-state index contributed by atoms with van der Waals surface area (Å²) in [6, 6.07) is 63.4. The van der Waals surface area contributed by atoms with Gasteiger partial charge in [-0.3, -0.25) is 0 Å². The molecule has 0 amide bonds. The van der Waals surface area contributed by atoms with Gasteiger partial charge in [-0.05, 0) is 56.8 Å². The zero-order chi connectivity index (χ0) is 33.3. The van der Waals surface area contributed by atoms with Crippen molar-refractivity contribution in [3.63, 3.8) is 0 Å². The molecule has 2 heterocycles. The summed E-state index contributed by atoms with van der Waals surface area (Å²) >= 11 is 0. The first kappa shape index (κ1) is 29.5. The lowest BCUT2D eigenvalue weighted by atomic mass is 9.91. The Bertz CT molecular complexity index is 2540. The van der Waals surface area contributed by atoms with E-state index in [4.69, 9.17) is 15.0 Å². The number of hydrogen-bond donors (Lipinski definition) is 1. The minimum absolute atomic E-state index is 0.254. The van der Waals surface area contributed by atoms with E-state index in [-0.39, 0.29) is 6.17 Å². The Morgan fingerprint density at radius 3 is 1.80 bits per heavy atom. The Morgan fingerprint density at radius 2 is 1.06 bits per heavy atom. The van der Waals surface area contributed by atoms with E-state index in [0.29, 0.717) is 5.84 Å². The van der Waals surface area contributed by atoms with Crippen LogP contribution in [0.15, 0.2) is 192 Å². The Morgan fingerprint density at radius 1 is 0.440 bits per heavy atom. The largest absolute Gasteiger partial charge is 0.344 e. The molecular weight excluding hydrogens is 609 g/mol. The first-order valence-corrected chi connectivity index (χ1v) is 16.9. The van der Waals surface area contributed by atoms with Gasteiger partial charge in [0.15, 0.2) is 5.84 Å². The average molecular weight is 641 g/mol. The van der Waals surface area contributed by atoms with Crippen LogP contribution in [0.5, 0.6) is 0 Å². The molecule has 7 aromatic carbocycles. The van der Waals surface area contributed by atoms with Crippen LogP contribution in [0.25, 0.3) is 55.2 Å². The van der Waals surface area contributed by atoms with E-state index in [1.165, 1.54) is 21.9 Å². The van der Waals surface area contributed by atoms with Gasteiger partial charge in [0.25, 0.3) is 0 Å². The number of amidine groups is 2. The summed E-state index contributed by atoms with van der Waals surface area (Å²) in [5.41, 5.74) is 10.7. The number of aromatic nitrogens is 1. The van der Waals surface area contributed by atoms with Crippen LogP contribution in [0.3, 0.4) is 0 Å². The molecule has 236 valence electrons. The van der Waals surface area contributed by atoms with Crippen LogP contribution in [0, 0.1) is 0 Å². The van der Waals surface area contributed by atoms with Crippen LogP contribution in [-0.2, 0) is 0 Å². The van der Waals surface area contributed by atoms with E-state index in [1.807, 2.05) is 42.5 Å². The third-order valence-electron chi connectivity index (χ3n) is 9.32. The second-order valence-electron chi connectivity index (χ2n) is 12.5. The normalized spacial score (nSPS) is 14.2. The molecule has 0 aliphatic carbocycles. The minimum atomic E-state index is -0.254. The summed E-state index contributed by atoms with van der Waals surface area (Å²) in [6.45, 7) is 0. The standard InChI is InChI=1S/C46H32N4/c1-5-15-31(16-6-1)40-30-42(32-17-7-2-8-18-32)47-41-28-27-38-37(25-14-26-39(38)43(40)41)35-23-13-24-36(29-35)46-49-44(33-19-9-3-10-20-33)48-45(50-46)34-21-11-4-12-22-34/h1-30,44H,(H,48,49,50). The zero-order valence-electron chi connectivity index (χ0n) is 27.2. The summed E-state index contributed by atoms with van der Waals surface area (Å²) < 4.78 is 0. The van der Waals surface area contributed by atoms with Crippen molar-refractivity contribution in [3.8, 4) is 33.5 Å². The number of rotatable bonds is 6. The van der Waals surface area contributed by atoms with Gasteiger partial charge in [0.2, 0.25) is 0 Å². The second-order valence-corrected chi connectivity index (χ2v) is 12.5. The molecule has 1 aliphatic rings. The highest BCUT2D eigenvalue weighted by atomic mass is 15.2. The van der Waals surface area contributed by atoms with Crippen molar-refractivity contribution < 1.29 is 0 Å². The van der Waals surface area contributed by atoms with Gasteiger partial charge in [-0.25, -0.2) is 15.0 Å². The molecule has 0 spiro atoms. The highest BCUT2D eigenvalue weighted by Crippen LogP contribution is 2.39. The van der Waals surface area contributed by atoms with Crippen molar-refractivity contribution in [2.24, 2.45) is 9.98 Å². The topological polar surface area (TPSA) is 49.6 Å². The van der Waals surface area contributed by atoms with Gasteiger partial charge >= 0.3 is 0 Å². The van der Waals surface area contributed by atoms with E-state index < -0.39 is 0 Å². The summed E-state index contributed by atoms with van der Waals surface area (Å²) in [6.07, 6.45) is -0.254. The van der Waals surface area contributed by atoms with Crippen molar-refractivity contribution in [2.75, 3.05) is 0 Å². The maximum absolute atomic E-state index is 5.19. The lowest BCUT2D eigenvalue weighted by molar-refractivity contribution is 0.674. The van der Waals surface area contributed by atoms with E-state index in [0.717, 1.165) is 55.8 Å². The monoisotopic (exact) mass is 640 g/mol. The fraction of sp³-hybridized carbons (Fsp3) is 0.0217. The Kier molecular flexibility index (Phi) is 7.52.